The molecule has 0 spiro atoms. The Bertz CT molecular complexity index is 2010. The Balaban J connectivity index is 1.55. The number of aromatic nitrogens is 3. The van der Waals surface area contributed by atoms with Crippen molar-refractivity contribution in [2.24, 2.45) is 5.92 Å². The Morgan fingerprint density at radius 2 is 1.85 bits per heavy atom. The van der Waals surface area contributed by atoms with Gasteiger partial charge in [-0.3, -0.25) is 14.5 Å². The first-order chi connectivity index (χ1) is 22.1. The summed E-state index contributed by atoms with van der Waals surface area (Å²) in [6, 6.07) is 13.6. The van der Waals surface area contributed by atoms with Crippen molar-refractivity contribution in [1.82, 2.24) is 14.4 Å². The average molecular weight is 641 g/mol. The smallest absolute Gasteiger partial charge is 0.301 e. The fourth-order valence-corrected chi connectivity index (χ4v) is 6.65. The van der Waals surface area contributed by atoms with Crippen LogP contribution in [0.4, 0.5) is 5.13 Å². The molecule has 1 N–H and O–H groups in total. The summed E-state index contributed by atoms with van der Waals surface area (Å²) in [5.41, 5.74) is 3.53. The van der Waals surface area contributed by atoms with E-state index < -0.39 is 17.7 Å². The van der Waals surface area contributed by atoms with Crippen molar-refractivity contribution in [3.05, 3.63) is 82.8 Å². The number of benzene rings is 2. The number of ether oxygens (including phenoxy) is 3. The van der Waals surface area contributed by atoms with Crippen LogP contribution < -0.4 is 19.1 Å². The number of amides is 1. The van der Waals surface area contributed by atoms with Gasteiger partial charge in [-0.1, -0.05) is 37.3 Å². The summed E-state index contributed by atoms with van der Waals surface area (Å²) in [6.07, 6.45) is 2.72. The normalized spacial score (nSPS) is 16.2. The van der Waals surface area contributed by atoms with Crippen molar-refractivity contribution in [2.45, 2.75) is 47.1 Å². The third-order valence-corrected chi connectivity index (χ3v) is 9.10. The first-order valence-corrected chi connectivity index (χ1v) is 16.0. The molecule has 2 aromatic carbocycles. The summed E-state index contributed by atoms with van der Waals surface area (Å²) >= 11 is 1.26. The SMILES string of the molecule is CCOc1cc(C2C(=C(O)c3nc4c(C)cccn4c3C)C(=O)C(=O)N2c2nc3ccc(OC)cc3s2)ccc1OCCC(C)C. The first-order valence-electron chi connectivity index (χ1n) is 15.2. The van der Waals surface area contributed by atoms with Gasteiger partial charge in [0, 0.05) is 6.20 Å². The molecular formula is C35H36N4O6S. The number of methoxy groups -OCH3 is 1. The van der Waals surface area contributed by atoms with Crippen LogP contribution >= 0.6 is 11.3 Å². The van der Waals surface area contributed by atoms with Gasteiger partial charge in [-0.25, -0.2) is 9.97 Å². The molecule has 1 aliphatic rings. The molecule has 11 heteroatoms. The summed E-state index contributed by atoms with van der Waals surface area (Å²) in [5.74, 6) is 0.158. The van der Waals surface area contributed by atoms with E-state index >= 15 is 0 Å². The van der Waals surface area contributed by atoms with Crippen LogP contribution in [0.1, 0.15) is 55.7 Å². The Hall–Kier alpha value is -4.90. The largest absolute Gasteiger partial charge is 0.505 e. The number of pyridine rings is 1. The van der Waals surface area contributed by atoms with Crippen LogP contribution in [0.3, 0.4) is 0 Å². The van der Waals surface area contributed by atoms with E-state index in [1.165, 1.54) is 16.2 Å². The molecule has 1 fully saturated rings. The number of aliphatic hydroxyl groups is 1. The van der Waals surface area contributed by atoms with Gasteiger partial charge in [-0.05, 0) is 80.6 Å². The summed E-state index contributed by atoms with van der Waals surface area (Å²) in [6.45, 7) is 10.8. The van der Waals surface area contributed by atoms with E-state index in [9.17, 15) is 14.7 Å². The van der Waals surface area contributed by atoms with Crippen LogP contribution in [0.5, 0.6) is 17.2 Å². The molecule has 46 heavy (non-hydrogen) atoms. The van der Waals surface area contributed by atoms with Gasteiger partial charge in [0.05, 0.1) is 47.8 Å². The molecular weight excluding hydrogens is 604 g/mol. The zero-order valence-corrected chi connectivity index (χ0v) is 27.5. The molecule has 1 atom stereocenters. The number of ketones is 1. The predicted molar refractivity (Wildman–Crippen MR) is 178 cm³/mol. The quantitative estimate of drug-likeness (QED) is 0.0984. The lowest BCUT2D eigenvalue weighted by molar-refractivity contribution is -0.132. The second kappa shape index (κ2) is 12.5. The summed E-state index contributed by atoms with van der Waals surface area (Å²) in [5, 5.41) is 12.2. The molecule has 6 rings (SSSR count). The second-order valence-electron chi connectivity index (χ2n) is 11.6. The van der Waals surface area contributed by atoms with Crippen LogP contribution in [0, 0.1) is 19.8 Å². The molecule has 1 aliphatic heterocycles. The predicted octanol–water partition coefficient (Wildman–Crippen LogP) is 7.02. The lowest BCUT2D eigenvalue weighted by atomic mass is 9.96. The molecule has 10 nitrogen and oxygen atoms in total. The number of Topliss-reactive ketones (excluding diaryl/α,β-unsaturated/α-hetero) is 1. The first kappa shape index (κ1) is 31.1. The van der Waals surface area contributed by atoms with Crippen LogP contribution in [0.15, 0.2) is 60.3 Å². The van der Waals surface area contributed by atoms with Crippen molar-refractivity contribution >= 4 is 49.8 Å². The summed E-state index contributed by atoms with van der Waals surface area (Å²) in [7, 11) is 1.58. The van der Waals surface area contributed by atoms with Crippen molar-refractivity contribution in [3.63, 3.8) is 0 Å². The molecule has 5 aromatic rings. The molecule has 0 saturated carbocycles. The van der Waals surface area contributed by atoms with E-state index in [1.807, 2.05) is 49.6 Å². The van der Waals surface area contributed by atoms with Gasteiger partial charge in [0.2, 0.25) is 0 Å². The maximum atomic E-state index is 13.9. The van der Waals surface area contributed by atoms with Crippen LogP contribution in [-0.4, -0.2) is 51.5 Å². The van der Waals surface area contributed by atoms with Crippen molar-refractivity contribution < 1.29 is 28.9 Å². The second-order valence-corrected chi connectivity index (χ2v) is 12.6. The Morgan fingerprint density at radius 3 is 2.57 bits per heavy atom. The molecule has 1 unspecified atom stereocenters. The third kappa shape index (κ3) is 5.44. The monoisotopic (exact) mass is 640 g/mol. The topological polar surface area (TPSA) is 115 Å². The average Bonchev–Trinajstić information content (AvgIpc) is 3.69. The van der Waals surface area contributed by atoms with Crippen molar-refractivity contribution in [2.75, 3.05) is 25.2 Å². The Kier molecular flexibility index (Phi) is 8.43. The molecule has 0 aliphatic carbocycles. The third-order valence-electron chi connectivity index (χ3n) is 8.08. The number of anilines is 1. The highest BCUT2D eigenvalue weighted by Crippen LogP contribution is 2.46. The van der Waals surface area contributed by atoms with E-state index in [2.05, 4.69) is 13.8 Å². The lowest BCUT2D eigenvalue weighted by Gasteiger charge is -2.24. The molecule has 1 saturated heterocycles. The van der Waals surface area contributed by atoms with Gasteiger partial charge in [-0.2, -0.15) is 0 Å². The van der Waals surface area contributed by atoms with Crippen molar-refractivity contribution in [1.29, 1.82) is 0 Å². The van der Waals surface area contributed by atoms with Crippen LogP contribution in [0.25, 0.3) is 21.6 Å². The van der Waals surface area contributed by atoms with Gasteiger partial charge in [0.1, 0.15) is 17.1 Å². The minimum Gasteiger partial charge on any atom is -0.505 e. The number of aryl methyl sites for hydroxylation is 2. The van der Waals surface area contributed by atoms with E-state index in [0.29, 0.717) is 63.9 Å². The standard InChI is InChI=1S/C35H36N4O6S/c1-7-44-26-17-22(10-13-25(26)45-16-14-19(2)3)30-28(31(40)29-21(5)38-15-8-9-20(4)33(38)37-29)32(41)34(42)39(30)35-36-24-12-11-23(43-6)18-27(24)46-35/h8-13,15,17-19,30,40H,7,14,16H2,1-6H3. The maximum absolute atomic E-state index is 13.9. The van der Waals surface area contributed by atoms with Crippen LogP contribution in [-0.2, 0) is 9.59 Å². The number of hydrogen-bond acceptors (Lipinski definition) is 9. The minimum atomic E-state index is -1.02. The number of carbonyl (C=O) groups excluding carboxylic acids is 2. The Labute approximate surface area is 270 Å². The van der Waals surface area contributed by atoms with Gasteiger partial charge in [0.15, 0.2) is 22.4 Å². The van der Waals surface area contributed by atoms with E-state index in [0.717, 1.165) is 16.7 Å². The number of thiazole rings is 1. The van der Waals surface area contributed by atoms with Crippen LogP contribution in [0.2, 0.25) is 0 Å². The number of nitrogens with zero attached hydrogens (tertiary/aromatic N) is 4. The Morgan fingerprint density at radius 1 is 1.04 bits per heavy atom. The summed E-state index contributed by atoms with van der Waals surface area (Å²) in [4.78, 5) is 38.6. The van der Waals surface area contributed by atoms with Crippen molar-refractivity contribution in [3.8, 4) is 17.2 Å². The minimum absolute atomic E-state index is 0.0816. The van der Waals surface area contributed by atoms with E-state index in [-0.39, 0.29) is 17.0 Å². The highest BCUT2D eigenvalue weighted by Gasteiger charge is 2.49. The number of hydrogen-bond donors (Lipinski definition) is 1. The molecule has 1 amide bonds. The lowest BCUT2D eigenvalue weighted by Crippen LogP contribution is -2.29. The van der Waals surface area contributed by atoms with Gasteiger partial charge in [-0.15, -0.1) is 0 Å². The fraction of sp³-hybridized carbons (Fsp3) is 0.314. The number of rotatable bonds is 10. The molecule has 0 bridgehead atoms. The highest BCUT2D eigenvalue weighted by atomic mass is 32.1. The summed E-state index contributed by atoms with van der Waals surface area (Å²) < 4.78 is 20.1. The fourth-order valence-electron chi connectivity index (χ4n) is 5.63. The number of imidazole rings is 1. The highest BCUT2D eigenvalue weighted by molar-refractivity contribution is 7.22. The molecule has 3 aromatic heterocycles. The molecule has 4 heterocycles. The number of fused-ring (bicyclic) bond motifs is 2. The number of aliphatic hydroxyl groups excluding tert-OH is 1. The van der Waals surface area contributed by atoms with E-state index in [4.69, 9.17) is 24.2 Å². The van der Waals surface area contributed by atoms with Gasteiger partial charge < -0.3 is 23.7 Å². The molecule has 0 radical (unpaired) electrons. The number of carbonyl (C=O) groups is 2. The van der Waals surface area contributed by atoms with Gasteiger partial charge >= 0.3 is 5.91 Å². The zero-order chi connectivity index (χ0) is 32.7. The molecule has 238 valence electrons. The van der Waals surface area contributed by atoms with Gasteiger partial charge in [0.25, 0.3) is 5.78 Å². The zero-order valence-electron chi connectivity index (χ0n) is 26.7. The van der Waals surface area contributed by atoms with E-state index in [1.54, 1.807) is 37.4 Å². The maximum Gasteiger partial charge on any atom is 0.301 e.